The maximum absolute atomic E-state index is 13.5. The minimum absolute atomic E-state index is 0.0747. The second-order valence-corrected chi connectivity index (χ2v) is 6.01. The molecule has 0 saturated carbocycles. The molecule has 7 heteroatoms. The van der Waals surface area contributed by atoms with Gasteiger partial charge in [0.05, 0.1) is 11.3 Å². The van der Waals surface area contributed by atoms with Crippen LogP contribution in [0.25, 0.3) is 0 Å². The first-order valence-electron chi connectivity index (χ1n) is 8.36. The molecule has 0 heterocycles. The average Bonchev–Trinajstić information content (AvgIpc) is 2.62. The number of aryl methyl sites for hydroxylation is 1. The van der Waals surface area contributed by atoms with Gasteiger partial charge in [0.15, 0.2) is 0 Å². The Balaban J connectivity index is 2.43. The van der Waals surface area contributed by atoms with Crippen molar-refractivity contribution in [3.05, 3.63) is 53.1 Å². The lowest BCUT2D eigenvalue weighted by Crippen LogP contribution is -2.19. The van der Waals surface area contributed by atoms with Gasteiger partial charge >= 0.3 is 6.18 Å². The zero-order valence-electron chi connectivity index (χ0n) is 15.3. The van der Waals surface area contributed by atoms with Crippen LogP contribution in [0.2, 0.25) is 0 Å². The zero-order chi connectivity index (χ0) is 20.0. The van der Waals surface area contributed by atoms with Crippen molar-refractivity contribution < 1.29 is 17.9 Å². The van der Waals surface area contributed by atoms with Gasteiger partial charge in [0.25, 0.3) is 0 Å². The molecule has 0 aliphatic carbocycles. The third-order valence-electron chi connectivity index (χ3n) is 3.99. The van der Waals surface area contributed by atoms with E-state index in [9.17, 15) is 13.2 Å². The highest BCUT2D eigenvalue weighted by Crippen LogP contribution is 2.42. The number of hydrogen-bond donors (Lipinski definition) is 0. The predicted octanol–water partition coefficient (Wildman–Crippen LogP) is 5.33. The molecule has 0 fully saturated rings. The number of benzene rings is 2. The Kier molecular flexibility index (Phi) is 6.59. The Morgan fingerprint density at radius 3 is 2.56 bits per heavy atom. The molecule has 0 radical (unpaired) electrons. The van der Waals surface area contributed by atoms with Gasteiger partial charge in [0, 0.05) is 12.8 Å². The molecule has 2 aromatic carbocycles. The second-order valence-electron chi connectivity index (χ2n) is 6.01. The van der Waals surface area contributed by atoms with Crippen LogP contribution in [0.3, 0.4) is 0 Å². The summed E-state index contributed by atoms with van der Waals surface area (Å²) in [6.45, 7) is 4.99. The SMILES string of the molecule is CCN(C)CC=Nc1cc(C(F)(F)F)c(Oc2ccccc2C#N)cc1C. The van der Waals surface area contributed by atoms with Crippen molar-refractivity contribution >= 4 is 11.9 Å². The smallest absolute Gasteiger partial charge is 0.420 e. The van der Waals surface area contributed by atoms with E-state index < -0.39 is 11.7 Å². The number of ether oxygens (including phenoxy) is 1. The Morgan fingerprint density at radius 2 is 1.93 bits per heavy atom. The molecular formula is C20H20F3N3O. The van der Waals surface area contributed by atoms with Crippen LogP contribution in [0.5, 0.6) is 11.5 Å². The van der Waals surface area contributed by atoms with Crippen LogP contribution < -0.4 is 4.74 Å². The highest BCUT2D eigenvalue weighted by atomic mass is 19.4. The number of nitriles is 1. The van der Waals surface area contributed by atoms with Gasteiger partial charge in [-0.05, 0) is 50.3 Å². The molecule has 0 amide bonds. The number of hydrogen-bond acceptors (Lipinski definition) is 4. The fourth-order valence-electron chi connectivity index (χ4n) is 2.29. The molecular weight excluding hydrogens is 355 g/mol. The lowest BCUT2D eigenvalue weighted by Gasteiger charge is -2.16. The van der Waals surface area contributed by atoms with E-state index in [1.807, 2.05) is 24.9 Å². The maximum Gasteiger partial charge on any atom is 0.420 e. The first-order chi connectivity index (χ1) is 12.8. The highest BCUT2D eigenvalue weighted by molar-refractivity contribution is 5.68. The molecule has 2 aromatic rings. The summed E-state index contributed by atoms with van der Waals surface area (Å²) in [5.74, 6) is -0.280. The fraction of sp³-hybridized carbons (Fsp3) is 0.300. The Labute approximate surface area is 156 Å². The van der Waals surface area contributed by atoms with Crippen molar-refractivity contribution in [3.63, 3.8) is 0 Å². The van der Waals surface area contributed by atoms with E-state index in [2.05, 4.69) is 4.99 Å². The van der Waals surface area contributed by atoms with Crippen molar-refractivity contribution in [3.8, 4) is 17.6 Å². The van der Waals surface area contributed by atoms with E-state index in [1.165, 1.54) is 18.2 Å². The largest absolute Gasteiger partial charge is 0.455 e. The quantitative estimate of drug-likeness (QED) is 0.641. The third kappa shape index (κ3) is 5.31. The molecule has 0 aromatic heterocycles. The summed E-state index contributed by atoms with van der Waals surface area (Å²) < 4.78 is 46.1. The van der Waals surface area contributed by atoms with E-state index in [4.69, 9.17) is 10.00 Å². The number of para-hydroxylation sites is 1. The topological polar surface area (TPSA) is 48.6 Å². The summed E-state index contributed by atoms with van der Waals surface area (Å²) in [7, 11) is 1.89. The molecule has 2 rings (SSSR count). The molecule has 0 N–H and O–H groups in total. The number of halogens is 3. The van der Waals surface area contributed by atoms with Gasteiger partial charge in [-0.15, -0.1) is 0 Å². The maximum atomic E-state index is 13.5. The van der Waals surface area contributed by atoms with Crippen LogP contribution in [0.4, 0.5) is 18.9 Å². The minimum Gasteiger partial charge on any atom is -0.455 e. The van der Waals surface area contributed by atoms with Crippen molar-refractivity contribution in [1.82, 2.24) is 4.90 Å². The summed E-state index contributed by atoms with van der Waals surface area (Å²) in [5.41, 5.74) is 0.000374. The van der Waals surface area contributed by atoms with E-state index in [-0.39, 0.29) is 22.7 Å². The molecule has 27 heavy (non-hydrogen) atoms. The number of nitrogens with zero attached hydrogens (tertiary/aromatic N) is 3. The van der Waals surface area contributed by atoms with Gasteiger partial charge in [0.1, 0.15) is 23.1 Å². The number of alkyl halides is 3. The average molecular weight is 375 g/mol. The van der Waals surface area contributed by atoms with E-state index in [0.29, 0.717) is 12.1 Å². The van der Waals surface area contributed by atoms with Crippen LogP contribution in [0.1, 0.15) is 23.6 Å². The summed E-state index contributed by atoms with van der Waals surface area (Å²) in [4.78, 5) is 6.15. The van der Waals surface area contributed by atoms with Crippen LogP contribution in [-0.2, 0) is 6.18 Å². The van der Waals surface area contributed by atoms with Gasteiger partial charge in [-0.2, -0.15) is 18.4 Å². The first kappa shape index (κ1) is 20.5. The Hall–Kier alpha value is -2.85. The molecule has 0 bridgehead atoms. The second kappa shape index (κ2) is 8.69. The molecule has 142 valence electrons. The van der Waals surface area contributed by atoms with Crippen molar-refractivity contribution in [2.24, 2.45) is 4.99 Å². The molecule has 0 saturated heterocycles. The van der Waals surface area contributed by atoms with Crippen molar-refractivity contribution in [1.29, 1.82) is 5.26 Å². The zero-order valence-corrected chi connectivity index (χ0v) is 15.3. The van der Waals surface area contributed by atoms with Crippen LogP contribution >= 0.6 is 0 Å². The lowest BCUT2D eigenvalue weighted by atomic mass is 10.1. The molecule has 0 aliphatic rings. The Bertz CT molecular complexity index is 870. The van der Waals surface area contributed by atoms with Gasteiger partial charge in [-0.1, -0.05) is 19.1 Å². The molecule has 0 spiro atoms. The molecule has 0 atom stereocenters. The molecule has 4 nitrogen and oxygen atoms in total. The molecule has 0 unspecified atom stereocenters. The van der Waals surface area contributed by atoms with Gasteiger partial charge < -0.3 is 9.64 Å². The van der Waals surface area contributed by atoms with Gasteiger partial charge in [-0.3, -0.25) is 4.99 Å². The highest BCUT2D eigenvalue weighted by Gasteiger charge is 2.35. The van der Waals surface area contributed by atoms with Gasteiger partial charge in [-0.25, -0.2) is 0 Å². The standard InChI is InChI=1S/C20H20F3N3O/c1-4-26(3)10-9-25-17-12-16(20(21,22)23)19(11-14(17)2)27-18-8-6-5-7-15(18)13-24/h5-9,11-12H,4,10H2,1-3H3. The summed E-state index contributed by atoms with van der Waals surface area (Å²) >= 11 is 0. The fourth-order valence-corrected chi connectivity index (χ4v) is 2.29. The summed E-state index contributed by atoms with van der Waals surface area (Å²) in [6.07, 6.45) is -3.04. The summed E-state index contributed by atoms with van der Waals surface area (Å²) in [5, 5.41) is 9.11. The van der Waals surface area contributed by atoms with Crippen molar-refractivity contribution in [2.45, 2.75) is 20.0 Å². The third-order valence-corrected chi connectivity index (χ3v) is 3.99. The lowest BCUT2D eigenvalue weighted by molar-refractivity contribution is -0.138. The predicted molar refractivity (Wildman–Crippen MR) is 98.7 cm³/mol. The number of rotatable bonds is 6. The molecule has 0 aliphatic heterocycles. The Morgan fingerprint density at radius 1 is 1.22 bits per heavy atom. The van der Waals surface area contributed by atoms with E-state index in [1.54, 1.807) is 25.3 Å². The first-order valence-corrected chi connectivity index (χ1v) is 8.36. The van der Waals surface area contributed by atoms with Gasteiger partial charge in [0.2, 0.25) is 0 Å². The monoisotopic (exact) mass is 375 g/mol. The van der Waals surface area contributed by atoms with E-state index in [0.717, 1.165) is 12.6 Å². The summed E-state index contributed by atoms with van der Waals surface area (Å²) in [6, 6.07) is 10.3. The van der Waals surface area contributed by atoms with Crippen LogP contribution in [-0.4, -0.2) is 31.3 Å². The minimum atomic E-state index is -4.62. The van der Waals surface area contributed by atoms with Crippen molar-refractivity contribution in [2.75, 3.05) is 20.1 Å². The number of aliphatic imine (C=N–C) groups is 1. The normalized spacial score (nSPS) is 11.8. The van der Waals surface area contributed by atoms with E-state index >= 15 is 0 Å². The van der Waals surface area contributed by atoms with Crippen LogP contribution in [0.15, 0.2) is 41.4 Å². The van der Waals surface area contributed by atoms with Crippen LogP contribution in [0, 0.1) is 18.3 Å².